The van der Waals surface area contributed by atoms with Crippen LogP contribution in [0.3, 0.4) is 0 Å². The van der Waals surface area contributed by atoms with Crippen molar-refractivity contribution in [2.75, 3.05) is 0 Å². The van der Waals surface area contributed by atoms with Crippen LogP contribution in [0.5, 0.6) is 0 Å². The van der Waals surface area contributed by atoms with Gasteiger partial charge in [-0.25, -0.2) is 0 Å². The molecule has 0 aliphatic heterocycles. The lowest BCUT2D eigenvalue weighted by Crippen LogP contribution is -2.24. The topological polar surface area (TPSA) is 0 Å². The summed E-state index contributed by atoms with van der Waals surface area (Å²) in [5, 5.41) is 0.446. The lowest BCUT2D eigenvalue weighted by molar-refractivity contribution is 0.719. The molecule has 0 rings (SSSR count). The summed E-state index contributed by atoms with van der Waals surface area (Å²) in [6.45, 7) is 13.3. The molecule has 0 unspecified atom stereocenters. The van der Waals surface area contributed by atoms with E-state index >= 15 is 0 Å². The van der Waals surface area contributed by atoms with Crippen LogP contribution in [0, 0.1) is 0 Å². The standard InChI is InChI=1S/C8H18BrPS/c1-7(2,3)10(9,11)8(4,5)6/h1-6H3. The highest BCUT2D eigenvalue weighted by Crippen LogP contribution is 2.72. The Morgan fingerprint density at radius 2 is 1.09 bits per heavy atom. The smallest absolute Gasteiger partial charge is 0.0272 e. The van der Waals surface area contributed by atoms with Gasteiger partial charge in [-0.2, -0.15) is 0 Å². The molecule has 3 heteroatoms. The molecule has 0 radical (unpaired) electrons. The molecule has 0 N–H and O–H groups in total. The molecule has 0 aromatic heterocycles. The van der Waals surface area contributed by atoms with Gasteiger partial charge in [0.1, 0.15) is 0 Å². The largest absolute Gasteiger partial charge is 0.0843 e. The Balaban J connectivity index is 4.92. The summed E-state index contributed by atoms with van der Waals surface area (Å²) in [6, 6.07) is 0. The highest BCUT2D eigenvalue weighted by Gasteiger charge is 2.39. The maximum absolute atomic E-state index is 5.65. The Morgan fingerprint density at radius 1 is 0.909 bits per heavy atom. The van der Waals surface area contributed by atoms with Crippen LogP contribution in [0.4, 0.5) is 0 Å². The molecule has 0 spiro atoms. The zero-order chi connectivity index (χ0) is 9.50. The maximum atomic E-state index is 5.65. The van der Waals surface area contributed by atoms with Gasteiger partial charge in [0.15, 0.2) is 0 Å². The first kappa shape index (κ1) is 12.1. The van der Waals surface area contributed by atoms with Gasteiger partial charge in [0.25, 0.3) is 0 Å². The first-order valence-corrected chi connectivity index (χ1v) is 8.62. The first-order chi connectivity index (χ1) is 4.50. The zero-order valence-corrected chi connectivity index (χ0v) is 11.5. The molecule has 0 heterocycles. The van der Waals surface area contributed by atoms with Crippen molar-refractivity contribution in [1.29, 1.82) is 0 Å². The summed E-state index contributed by atoms with van der Waals surface area (Å²) < 4.78 is -1.41. The molecule has 0 bridgehead atoms. The molecule has 0 aromatic rings. The summed E-state index contributed by atoms with van der Waals surface area (Å²) in [5.41, 5.74) is 0. The Hall–Kier alpha value is 1.13. The highest BCUT2D eigenvalue weighted by molar-refractivity contribution is 9.44. The van der Waals surface area contributed by atoms with E-state index in [-0.39, 0.29) is 10.3 Å². The molecule has 0 amide bonds. The van der Waals surface area contributed by atoms with Crippen LogP contribution < -0.4 is 0 Å². The van der Waals surface area contributed by atoms with Gasteiger partial charge in [0.05, 0.1) is 0 Å². The third-order valence-electron chi connectivity index (χ3n) is 1.73. The van der Waals surface area contributed by atoms with Crippen molar-refractivity contribution in [1.82, 2.24) is 0 Å². The lowest BCUT2D eigenvalue weighted by atomic mass is 10.2. The molecular formula is C8H18BrPS. The van der Waals surface area contributed by atoms with Crippen LogP contribution in [0.2, 0.25) is 0 Å². The number of hydrogen-bond donors (Lipinski definition) is 0. The predicted molar refractivity (Wildman–Crippen MR) is 62.7 cm³/mol. The fourth-order valence-electron chi connectivity index (χ4n) is 1.01. The minimum atomic E-state index is -1.41. The summed E-state index contributed by atoms with van der Waals surface area (Å²) in [6.07, 6.45) is 0. The molecule has 0 saturated heterocycles. The van der Waals surface area contributed by atoms with Crippen molar-refractivity contribution in [2.24, 2.45) is 0 Å². The third-order valence-corrected chi connectivity index (χ3v) is 14.8. The SMILES string of the molecule is CC(C)(C)P(=S)(Br)C(C)(C)C. The monoisotopic (exact) mass is 256 g/mol. The molecule has 11 heavy (non-hydrogen) atoms. The van der Waals surface area contributed by atoms with Gasteiger partial charge < -0.3 is 0 Å². The van der Waals surface area contributed by atoms with Gasteiger partial charge in [0, 0.05) is 15.1 Å². The summed E-state index contributed by atoms with van der Waals surface area (Å²) in [4.78, 5) is 0. The number of halogens is 1. The second-order valence-corrected chi connectivity index (χ2v) is 14.9. The summed E-state index contributed by atoms with van der Waals surface area (Å²) >= 11 is 9.39. The molecular weight excluding hydrogens is 239 g/mol. The molecule has 0 atom stereocenters. The second-order valence-electron chi connectivity index (χ2n) is 4.87. The van der Waals surface area contributed by atoms with Crippen molar-refractivity contribution >= 4 is 32.0 Å². The van der Waals surface area contributed by atoms with Gasteiger partial charge in [-0.3, -0.25) is 0 Å². The van der Waals surface area contributed by atoms with Crippen molar-refractivity contribution in [3.05, 3.63) is 0 Å². The average molecular weight is 257 g/mol. The maximum Gasteiger partial charge on any atom is 0.0272 e. The van der Waals surface area contributed by atoms with E-state index in [1.54, 1.807) is 0 Å². The van der Waals surface area contributed by atoms with Gasteiger partial charge in [-0.05, 0) is 15.5 Å². The molecule has 68 valence electrons. The van der Waals surface area contributed by atoms with Crippen molar-refractivity contribution in [2.45, 2.75) is 51.9 Å². The number of hydrogen-bond acceptors (Lipinski definition) is 1. The van der Waals surface area contributed by atoms with E-state index in [1.807, 2.05) is 0 Å². The Kier molecular flexibility index (Phi) is 3.44. The van der Waals surface area contributed by atoms with Crippen LogP contribution in [-0.4, -0.2) is 10.3 Å². The van der Waals surface area contributed by atoms with E-state index in [0.29, 0.717) is 0 Å². The van der Waals surface area contributed by atoms with E-state index < -0.39 is 4.74 Å². The third kappa shape index (κ3) is 2.54. The van der Waals surface area contributed by atoms with Gasteiger partial charge in [0.2, 0.25) is 0 Å². The van der Waals surface area contributed by atoms with Crippen molar-refractivity contribution in [3.8, 4) is 0 Å². The molecule has 0 aliphatic rings. The van der Waals surface area contributed by atoms with E-state index in [4.69, 9.17) is 11.8 Å². The Morgan fingerprint density at radius 3 is 1.09 bits per heavy atom. The van der Waals surface area contributed by atoms with E-state index in [9.17, 15) is 0 Å². The fraction of sp³-hybridized carbons (Fsp3) is 1.00. The van der Waals surface area contributed by atoms with Crippen molar-refractivity contribution in [3.63, 3.8) is 0 Å². The fourth-order valence-corrected chi connectivity index (χ4v) is 3.02. The van der Waals surface area contributed by atoms with Gasteiger partial charge in [-0.15, -0.1) is 0 Å². The van der Waals surface area contributed by atoms with Crippen molar-refractivity contribution < 1.29 is 0 Å². The minimum Gasteiger partial charge on any atom is -0.0843 e. The lowest BCUT2D eigenvalue weighted by Gasteiger charge is -2.40. The normalized spacial score (nSPS) is 15.2. The summed E-state index contributed by atoms with van der Waals surface area (Å²) in [7, 11) is 0. The molecule has 0 fully saturated rings. The molecule has 0 saturated carbocycles. The molecule has 0 nitrogen and oxygen atoms in total. The number of rotatable bonds is 0. The predicted octanol–water partition coefficient (Wildman–Crippen LogP) is 4.37. The van der Waals surface area contributed by atoms with Crippen LogP contribution in [-0.2, 0) is 11.8 Å². The van der Waals surface area contributed by atoms with E-state index in [2.05, 4.69) is 57.0 Å². The molecule has 0 aliphatic carbocycles. The Labute approximate surface area is 83.9 Å². The minimum absolute atomic E-state index is 0.223. The second kappa shape index (κ2) is 3.12. The van der Waals surface area contributed by atoms with Gasteiger partial charge >= 0.3 is 0 Å². The first-order valence-electron chi connectivity index (χ1n) is 3.80. The van der Waals surface area contributed by atoms with Crippen LogP contribution in [0.25, 0.3) is 0 Å². The van der Waals surface area contributed by atoms with Crippen LogP contribution in [0.15, 0.2) is 0 Å². The summed E-state index contributed by atoms with van der Waals surface area (Å²) in [5.74, 6) is 0. The zero-order valence-electron chi connectivity index (χ0n) is 8.23. The van der Waals surface area contributed by atoms with Crippen LogP contribution >= 0.6 is 20.2 Å². The van der Waals surface area contributed by atoms with Gasteiger partial charge in [-0.1, -0.05) is 53.3 Å². The molecule has 0 aromatic carbocycles. The Bertz CT molecular complexity index is 167. The quantitative estimate of drug-likeness (QED) is 0.580. The highest BCUT2D eigenvalue weighted by atomic mass is 79.9. The van der Waals surface area contributed by atoms with E-state index in [0.717, 1.165) is 0 Å². The average Bonchev–Trinajstić information content (AvgIpc) is 1.58. The van der Waals surface area contributed by atoms with E-state index in [1.165, 1.54) is 0 Å². The van der Waals surface area contributed by atoms with Crippen LogP contribution in [0.1, 0.15) is 41.5 Å².